The van der Waals surface area contributed by atoms with Gasteiger partial charge in [-0.15, -0.1) is 0 Å². The number of nitrogens with zero attached hydrogens (tertiary/aromatic N) is 1. The van der Waals surface area contributed by atoms with E-state index in [4.69, 9.17) is 21.4 Å². The van der Waals surface area contributed by atoms with E-state index in [-0.39, 0.29) is 23.8 Å². The molecule has 164 valence electrons. The Morgan fingerprint density at radius 3 is 2.74 bits per heavy atom. The quantitative estimate of drug-likeness (QED) is 0.604. The Morgan fingerprint density at radius 2 is 2.03 bits per heavy atom. The van der Waals surface area contributed by atoms with Crippen LogP contribution < -0.4 is 15.0 Å². The summed E-state index contributed by atoms with van der Waals surface area (Å²) in [5, 5.41) is 13.2. The van der Waals surface area contributed by atoms with Crippen molar-refractivity contribution in [1.29, 1.82) is 0 Å². The molecule has 2 aliphatic rings. The van der Waals surface area contributed by atoms with Crippen molar-refractivity contribution in [2.75, 3.05) is 25.1 Å². The molecular weight excluding hydrogens is 416 g/mol. The van der Waals surface area contributed by atoms with Crippen LogP contribution in [0.4, 0.5) is 5.69 Å². The van der Waals surface area contributed by atoms with E-state index < -0.39 is 5.97 Å². The van der Waals surface area contributed by atoms with E-state index in [0.29, 0.717) is 31.0 Å². The number of carbonyl (C=O) groups excluding carboxylic acids is 1. The number of methoxy groups -OCH3 is 1. The van der Waals surface area contributed by atoms with Crippen LogP contribution in [0.1, 0.15) is 49.1 Å². The molecular formula is C24H27ClN2O4. The van der Waals surface area contributed by atoms with Gasteiger partial charge in [0, 0.05) is 48.1 Å². The van der Waals surface area contributed by atoms with Gasteiger partial charge in [0.1, 0.15) is 5.75 Å². The van der Waals surface area contributed by atoms with Gasteiger partial charge in [-0.1, -0.05) is 23.7 Å². The van der Waals surface area contributed by atoms with Gasteiger partial charge in [-0.2, -0.15) is 0 Å². The first-order valence-corrected chi connectivity index (χ1v) is 11.0. The molecule has 7 heteroatoms. The Morgan fingerprint density at radius 1 is 1.23 bits per heavy atom. The average Bonchev–Trinajstić information content (AvgIpc) is 3.47. The highest BCUT2D eigenvalue weighted by atomic mass is 35.5. The van der Waals surface area contributed by atoms with Gasteiger partial charge in [-0.05, 0) is 60.7 Å². The largest absolute Gasteiger partial charge is 0.497 e. The highest BCUT2D eigenvalue weighted by Gasteiger charge is 2.44. The molecule has 1 aliphatic heterocycles. The molecule has 2 aromatic rings. The van der Waals surface area contributed by atoms with E-state index >= 15 is 0 Å². The van der Waals surface area contributed by atoms with Crippen LogP contribution in [0.2, 0.25) is 5.02 Å². The molecule has 31 heavy (non-hydrogen) atoms. The number of carbonyl (C=O) groups is 2. The summed E-state index contributed by atoms with van der Waals surface area (Å²) in [6.07, 6.45) is 3.01. The van der Waals surface area contributed by atoms with Crippen molar-refractivity contribution in [3.8, 4) is 5.75 Å². The van der Waals surface area contributed by atoms with Gasteiger partial charge in [0.05, 0.1) is 7.11 Å². The minimum absolute atomic E-state index is 0.00623. The van der Waals surface area contributed by atoms with Crippen LogP contribution in [-0.4, -0.2) is 37.2 Å². The van der Waals surface area contributed by atoms with Gasteiger partial charge in [-0.3, -0.25) is 9.59 Å². The first-order chi connectivity index (χ1) is 14.9. The zero-order valence-corrected chi connectivity index (χ0v) is 18.3. The van der Waals surface area contributed by atoms with Gasteiger partial charge >= 0.3 is 5.97 Å². The molecule has 0 radical (unpaired) electrons. The van der Waals surface area contributed by atoms with E-state index in [2.05, 4.69) is 17.4 Å². The van der Waals surface area contributed by atoms with Crippen molar-refractivity contribution in [3.63, 3.8) is 0 Å². The average molecular weight is 443 g/mol. The second kappa shape index (κ2) is 8.89. The number of rotatable bonds is 9. The lowest BCUT2D eigenvalue weighted by molar-refractivity contribution is -0.137. The standard InChI is InChI=1S/C24H27ClN2O4/c1-31-19-4-2-3-17(13-19)24(10-11-24)26-12-9-22(28)27-15-16(5-8-23(29)30)20-14-18(25)6-7-21(20)27/h2-4,6-7,13-14,16,26H,5,8-12,15H2,1H3,(H,29,30). The third kappa shape index (κ3) is 4.70. The van der Waals surface area contributed by atoms with Crippen LogP contribution in [0.5, 0.6) is 5.75 Å². The lowest BCUT2D eigenvalue weighted by Gasteiger charge is -2.21. The molecule has 0 aromatic heterocycles. The van der Waals surface area contributed by atoms with Crippen LogP contribution >= 0.6 is 11.6 Å². The fourth-order valence-corrected chi connectivity index (χ4v) is 4.63. The molecule has 1 amide bonds. The molecule has 4 rings (SSSR count). The van der Waals surface area contributed by atoms with Crippen LogP contribution in [0, 0.1) is 0 Å². The zero-order chi connectivity index (χ0) is 22.0. The van der Waals surface area contributed by atoms with Crippen LogP contribution in [0.3, 0.4) is 0 Å². The minimum Gasteiger partial charge on any atom is -0.497 e. The fourth-order valence-electron chi connectivity index (χ4n) is 4.45. The predicted octanol–water partition coefficient (Wildman–Crippen LogP) is 4.31. The van der Waals surface area contributed by atoms with Crippen molar-refractivity contribution in [3.05, 3.63) is 58.6 Å². The second-order valence-corrected chi connectivity index (χ2v) is 8.76. The van der Waals surface area contributed by atoms with E-state index in [1.165, 1.54) is 5.56 Å². The number of carboxylic acids is 1. The molecule has 1 unspecified atom stereocenters. The first kappa shape index (κ1) is 21.7. The summed E-state index contributed by atoms with van der Waals surface area (Å²) in [5.74, 6) is 0.0369. The summed E-state index contributed by atoms with van der Waals surface area (Å²) in [5.41, 5.74) is 2.92. The number of anilines is 1. The topological polar surface area (TPSA) is 78.9 Å². The van der Waals surface area contributed by atoms with E-state index in [9.17, 15) is 9.59 Å². The van der Waals surface area contributed by atoms with Gasteiger partial charge in [0.15, 0.2) is 0 Å². The number of aliphatic carboxylic acids is 1. The highest BCUT2D eigenvalue weighted by molar-refractivity contribution is 6.30. The number of halogens is 1. The zero-order valence-electron chi connectivity index (χ0n) is 17.6. The summed E-state index contributed by atoms with van der Waals surface area (Å²) in [6, 6.07) is 13.6. The Balaban J connectivity index is 1.39. The van der Waals surface area contributed by atoms with Gasteiger partial charge < -0.3 is 20.1 Å². The van der Waals surface area contributed by atoms with Crippen molar-refractivity contribution in [2.45, 2.75) is 43.6 Å². The fraction of sp³-hybridized carbons (Fsp3) is 0.417. The number of hydrogen-bond acceptors (Lipinski definition) is 4. The molecule has 1 saturated carbocycles. The molecule has 2 aromatic carbocycles. The molecule has 6 nitrogen and oxygen atoms in total. The molecule has 0 saturated heterocycles. The van der Waals surface area contributed by atoms with Gasteiger partial charge in [0.2, 0.25) is 5.91 Å². The summed E-state index contributed by atoms with van der Waals surface area (Å²) in [6.45, 7) is 1.08. The van der Waals surface area contributed by atoms with Crippen molar-refractivity contribution < 1.29 is 19.4 Å². The lowest BCUT2D eigenvalue weighted by atomic mass is 9.96. The molecule has 1 heterocycles. The maximum Gasteiger partial charge on any atom is 0.303 e. The number of ether oxygens (including phenoxy) is 1. The minimum atomic E-state index is -0.829. The van der Waals surface area contributed by atoms with Crippen molar-refractivity contribution in [2.24, 2.45) is 0 Å². The number of nitrogens with one attached hydrogen (secondary N) is 1. The maximum absolute atomic E-state index is 13.0. The summed E-state index contributed by atoms with van der Waals surface area (Å²) in [4.78, 5) is 25.8. The first-order valence-electron chi connectivity index (χ1n) is 10.6. The number of fused-ring (bicyclic) bond motifs is 1. The summed E-state index contributed by atoms with van der Waals surface area (Å²) < 4.78 is 5.34. The van der Waals surface area contributed by atoms with Crippen LogP contribution in [-0.2, 0) is 15.1 Å². The SMILES string of the molecule is COc1cccc(C2(NCCC(=O)N3CC(CCC(=O)O)c4cc(Cl)ccc43)CC2)c1. The number of hydrogen-bond donors (Lipinski definition) is 2. The van der Waals surface area contributed by atoms with Crippen LogP contribution in [0.15, 0.2) is 42.5 Å². The Kier molecular flexibility index (Phi) is 6.21. The Labute approximate surface area is 187 Å². The number of benzene rings is 2. The highest BCUT2D eigenvalue weighted by Crippen LogP contribution is 2.46. The van der Waals surface area contributed by atoms with Crippen molar-refractivity contribution in [1.82, 2.24) is 5.32 Å². The molecule has 2 N–H and O–H groups in total. The Bertz CT molecular complexity index is 989. The maximum atomic E-state index is 13.0. The van der Waals surface area contributed by atoms with Gasteiger partial charge in [-0.25, -0.2) is 0 Å². The summed E-state index contributed by atoms with van der Waals surface area (Å²) >= 11 is 6.16. The lowest BCUT2D eigenvalue weighted by Crippen LogP contribution is -2.35. The third-order valence-electron chi connectivity index (χ3n) is 6.31. The molecule has 0 spiro atoms. The van der Waals surface area contributed by atoms with E-state index in [1.807, 2.05) is 24.3 Å². The molecule has 1 atom stereocenters. The predicted molar refractivity (Wildman–Crippen MR) is 120 cm³/mol. The smallest absolute Gasteiger partial charge is 0.303 e. The van der Waals surface area contributed by atoms with Gasteiger partial charge in [0.25, 0.3) is 0 Å². The second-order valence-electron chi connectivity index (χ2n) is 8.33. The third-order valence-corrected chi connectivity index (χ3v) is 6.54. The monoisotopic (exact) mass is 442 g/mol. The van der Waals surface area contributed by atoms with E-state index in [1.54, 1.807) is 18.1 Å². The summed E-state index contributed by atoms with van der Waals surface area (Å²) in [7, 11) is 1.66. The van der Waals surface area contributed by atoms with E-state index in [0.717, 1.165) is 29.8 Å². The Hall–Kier alpha value is -2.57. The molecule has 0 bridgehead atoms. The normalized spacial score (nSPS) is 18.5. The number of amides is 1. The van der Waals surface area contributed by atoms with Crippen LogP contribution in [0.25, 0.3) is 0 Å². The molecule has 1 fully saturated rings. The number of carboxylic acid groups (broad SMARTS) is 1. The molecule has 1 aliphatic carbocycles. The van der Waals surface area contributed by atoms with Crippen molar-refractivity contribution >= 4 is 29.2 Å².